The number of piperazine rings is 1. The lowest BCUT2D eigenvalue weighted by molar-refractivity contribution is -0.106. The first-order valence-electron chi connectivity index (χ1n) is 7.43. The maximum absolute atomic E-state index is 11.2. The van der Waals surface area contributed by atoms with Crippen molar-refractivity contribution in [1.82, 2.24) is 4.90 Å². The summed E-state index contributed by atoms with van der Waals surface area (Å²) in [6.07, 6.45) is 2.82. The Balaban J connectivity index is 1.89. The predicted molar refractivity (Wildman–Crippen MR) is 84.9 cm³/mol. The largest absolute Gasteiger partial charge is 0.482 e. The molecule has 2 heterocycles. The highest BCUT2D eigenvalue weighted by Crippen LogP contribution is 2.37. The highest BCUT2D eigenvalue weighted by Gasteiger charge is 2.30. The van der Waals surface area contributed by atoms with Crippen LogP contribution < -0.4 is 9.64 Å². The molecule has 21 heavy (non-hydrogen) atoms. The van der Waals surface area contributed by atoms with Crippen molar-refractivity contribution in [3.8, 4) is 5.75 Å². The van der Waals surface area contributed by atoms with Crippen LogP contribution in [0.15, 0.2) is 23.8 Å². The Morgan fingerprint density at radius 1 is 1.19 bits per heavy atom. The van der Waals surface area contributed by atoms with E-state index < -0.39 is 5.60 Å². The van der Waals surface area contributed by atoms with E-state index in [4.69, 9.17) is 4.74 Å². The Morgan fingerprint density at radius 3 is 2.57 bits per heavy atom. The van der Waals surface area contributed by atoms with Gasteiger partial charge in [-0.1, -0.05) is 0 Å². The molecule has 1 saturated heterocycles. The van der Waals surface area contributed by atoms with Crippen LogP contribution in [-0.2, 0) is 4.79 Å². The van der Waals surface area contributed by atoms with Gasteiger partial charge in [0.1, 0.15) is 17.6 Å². The van der Waals surface area contributed by atoms with E-state index in [1.807, 2.05) is 26.0 Å². The maximum Gasteiger partial charge on any atom is 0.150 e. The second-order valence-corrected chi connectivity index (χ2v) is 6.34. The minimum absolute atomic E-state index is 0.560. The van der Waals surface area contributed by atoms with Crippen molar-refractivity contribution in [1.29, 1.82) is 0 Å². The smallest absolute Gasteiger partial charge is 0.150 e. The summed E-state index contributed by atoms with van der Waals surface area (Å²) in [4.78, 5) is 15.9. The third-order valence-corrected chi connectivity index (χ3v) is 4.36. The molecule has 0 N–H and O–H groups in total. The molecule has 2 aliphatic heterocycles. The first-order chi connectivity index (χ1) is 9.99. The first kappa shape index (κ1) is 14.1. The molecule has 1 aromatic rings. The van der Waals surface area contributed by atoms with Crippen molar-refractivity contribution < 1.29 is 9.53 Å². The lowest BCUT2D eigenvalue weighted by Gasteiger charge is -2.36. The number of anilines is 1. The number of carbonyl (C=O) groups excluding carboxylic acids is 1. The molecule has 2 aliphatic rings. The number of aldehydes is 1. The van der Waals surface area contributed by atoms with E-state index in [2.05, 4.69) is 29.0 Å². The quantitative estimate of drug-likeness (QED) is 0.780. The monoisotopic (exact) mass is 286 g/mol. The summed E-state index contributed by atoms with van der Waals surface area (Å²) < 4.78 is 6.04. The van der Waals surface area contributed by atoms with Crippen LogP contribution in [0.3, 0.4) is 0 Å². The fourth-order valence-corrected chi connectivity index (χ4v) is 2.84. The standard InChI is InChI=1S/C17H22N2O2/c1-17(2)14(12-20)10-13-4-5-15(11-16(13)21-17)19-8-6-18(3)7-9-19/h4-5,10-12H,6-9H2,1-3H3. The molecule has 0 amide bonds. The molecular weight excluding hydrogens is 264 g/mol. The van der Waals surface area contributed by atoms with Crippen LogP contribution in [0.1, 0.15) is 19.4 Å². The van der Waals surface area contributed by atoms with Gasteiger partial charge in [0.05, 0.1) is 0 Å². The summed E-state index contributed by atoms with van der Waals surface area (Å²) in [5.41, 5.74) is 2.30. The van der Waals surface area contributed by atoms with E-state index in [0.29, 0.717) is 5.57 Å². The number of hydrogen-bond donors (Lipinski definition) is 0. The lowest BCUT2D eigenvalue weighted by atomic mass is 9.93. The topological polar surface area (TPSA) is 32.8 Å². The third kappa shape index (κ3) is 2.68. The van der Waals surface area contributed by atoms with Gasteiger partial charge >= 0.3 is 0 Å². The molecule has 0 atom stereocenters. The second kappa shape index (κ2) is 5.19. The molecule has 0 spiro atoms. The average molecular weight is 286 g/mol. The highest BCUT2D eigenvalue weighted by atomic mass is 16.5. The van der Waals surface area contributed by atoms with E-state index in [0.717, 1.165) is 43.8 Å². The molecule has 0 aromatic heterocycles. The van der Waals surface area contributed by atoms with Crippen LogP contribution in [0, 0.1) is 0 Å². The molecule has 0 radical (unpaired) electrons. The number of hydrogen-bond acceptors (Lipinski definition) is 4. The van der Waals surface area contributed by atoms with Crippen LogP contribution in [0.4, 0.5) is 5.69 Å². The Labute approximate surface area is 126 Å². The van der Waals surface area contributed by atoms with Gasteiger partial charge in [-0.3, -0.25) is 4.79 Å². The Morgan fingerprint density at radius 2 is 1.90 bits per heavy atom. The normalized spacial score (nSPS) is 21.3. The summed E-state index contributed by atoms with van der Waals surface area (Å²) in [6, 6.07) is 6.26. The first-order valence-corrected chi connectivity index (χ1v) is 7.43. The second-order valence-electron chi connectivity index (χ2n) is 6.34. The number of ether oxygens (including phenoxy) is 1. The molecule has 0 saturated carbocycles. The lowest BCUT2D eigenvalue weighted by Crippen LogP contribution is -2.44. The zero-order valence-corrected chi connectivity index (χ0v) is 12.9. The number of likely N-dealkylation sites (N-methyl/N-ethyl adjacent to an activating group) is 1. The van der Waals surface area contributed by atoms with E-state index in [-0.39, 0.29) is 0 Å². The van der Waals surface area contributed by atoms with Crippen molar-refractivity contribution >= 4 is 18.0 Å². The number of fused-ring (bicyclic) bond motifs is 1. The minimum atomic E-state index is -0.560. The highest BCUT2D eigenvalue weighted by molar-refractivity contribution is 5.87. The Kier molecular flexibility index (Phi) is 3.49. The van der Waals surface area contributed by atoms with Crippen LogP contribution in [0.25, 0.3) is 6.08 Å². The zero-order chi connectivity index (χ0) is 15.0. The minimum Gasteiger partial charge on any atom is -0.482 e. The van der Waals surface area contributed by atoms with Gasteiger partial charge in [0, 0.05) is 49.1 Å². The van der Waals surface area contributed by atoms with Gasteiger partial charge in [-0.15, -0.1) is 0 Å². The molecule has 0 aliphatic carbocycles. The third-order valence-electron chi connectivity index (χ3n) is 4.36. The fraction of sp³-hybridized carbons (Fsp3) is 0.471. The molecule has 1 aromatic carbocycles. The van der Waals surface area contributed by atoms with Gasteiger partial charge in [0.2, 0.25) is 0 Å². The van der Waals surface area contributed by atoms with E-state index >= 15 is 0 Å². The van der Waals surface area contributed by atoms with Crippen molar-refractivity contribution in [3.63, 3.8) is 0 Å². The maximum atomic E-state index is 11.2. The van der Waals surface area contributed by atoms with Gasteiger partial charge < -0.3 is 14.5 Å². The number of rotatable bonds is 2. The molecule has 1 fully saturated rings. The summed E-state index contributed by atoms with van der Waals surface area (Å²) in [6.45, 7) is 8.09. The van der Waals surface area contributed by atoms with Gasteiger partial charge in [-0.25, -0.2) is 0 Å². The van der Waals surface area contributed by atoms with E-state index in [1.165, 1.54) is 5.69 Å². The number of benzene rings is 1. The number of carbonyl (C=O) groups is 1. The van der Waals surface area contributed by atoms with Gasteiger partial charge in [-0.2, -0.15) is 0 Å². The average Bonchev–Trinajstić information content (AvgIpc) is 2.46. The van der Waals surface area contributed by atoms with Crippen molar-refractivity contribution in [2.24, 2.45) is 0 Å². The van der Waals surface area contributed by atoms with Crippen LogP contribution in [0.2, 0.25) is 0 Å². The molecular formula is C17H22N2O2. The Hall–Kier alpha value is -1.81. The van der Waals surface area contributed by atoms with Crippen molar-refractivity contribution in [2.45, 2.75) is 19.4 Å². The van der Waals surface area contributed by atoms with Gasteiger partial charge in [-0.05, 0) is 39.1 Å². The summed E-state index contributed by atoms with van der Waals surface area (Å²) >= 11 is 0. The predicted octanol–water partition coefficient (Wildman–Crippen LogP) is 2.19. The van der Waals surface area contributed by atoms with Crippen LogP contribution >= 0.6 is 0 Å². The molecule has 3 rings (SSSR count). The van der Waals surface area contributed by atoms with Crippen molar-refractivity contribution in [2.75, 3.05) is 38.1 Å². The van der Waals surface area contributed by atoms with Gasteiger partial charge in [0.15, 0.2) is 0 Å². The molecule has 4 heteroatoms. The van der Waals surface area contributed by atoms with Gasteiger partial charge in [0.25, 0.3) is 0 Å². The molecule has 0 bridgehead atoms. The molecule has 4 nitrogen and oxygen atoms in total. The molecule has 112 valence electrons. The van der Waals surface area contributed by atoms with Crippen LogP contribution in [-0.4, -0.2) is 50.0 Å². The SMILES string of the molecule is CN1CCN(c2ccc3c(c2)OC(C)(C)C(C=O)=C3)CC1. The van der Waals surface area contributed by atoms with E-state index in [1.54, 1.807) is 0 Å². The van der Waals surface area contributed by atoms with Crippen LogP contribution in [0.5, 0.6) is 5.75 Å². The van der Waals surface area contributed by atoms with Crippen molar-refractivity contribution in [3.05, 3.63) is 29.3 Å². The van der Waals surface area contributed by atoms with E-state index in [9.17, 15) is 4.79 Å². The number of nitrogens with zero attached hydrogens (tertiary/aromatic N) is 2. The summed E-state index contributed by atoms with van der Waals surface area (Å²) in [5.74, 6) is 0.863. The summed E-state index contributed by atoms with van der Waals surface area (Å²) in [5, 5.41) is 0. The summed E-state index contributed by atoms with van der Waals surface area (Å²) in [7, 11) is 2.15. The Bertz CT molecular complexity index is 584. The fourth-order valence-electron chi connectivity index (χ4n) is 2.84. The molecule has 0 unspecified atom stereocenters. The zero-order valence-electron chi connectivity index (χ0n) is 12.9.